The first kappa shape index (κ1) is 15.6. The van der Waals surface area contributed by atoms with Crippen molar-refractivity contribution >= 4 is 23.2 Å². The van der Waals surface area contributed by atoms with Gasteiger partial charge in [-0.05, 0) is 7.05 Å². The van der Waals surface area contributed by atoms with E-state index in [1.54, 1.807) is 4.90 Å². The Labute approximate surface area is 126 Å². The summed E-state index contributed by atoms with van der Waals surface area (Å²) >= 11 is 5.91. The van der Waals surface area contributed by atoms with E-state index in [4.69, 9.17) is 17.3 Å². The lowest BCUT2D eigenvalue weighted by atomic mass is 10.1. The van der Waals surface area contributed by atoms with Gasteiger partial charge in [0.05, 0.1) is 16.5 Å². The summed E-state index contributed by atoms with van der Waals surface area (Å²) in [6, 6.07) is 1.01. The number of hydrogen-bond donors (Lipinski definition) is 1. The van der Waals surface area contributed by atoms with Crippen LogP contribution < -0.4 is 5.73 Å². The van der Waals surface area contributed by atoms with Crippen LogP contribution >= 0.6 is 11.6 Å². The molecule has 8 nitrogen and oxygen atoms in total. The lowest BCUT2D eigenvalue weighted by Crippen LogP contribution is -2.56. The summed E-state index contributed by atoms with van der Waals surface area (Å²) in [5.41, 5.74) is 5.48. The highest BCUT2D eigenvalue weighted by Crippen LogP contribution is 2.22. The molecule has 0 saturated carbocycles. The van der Waals surface area contributed by atoms with Crippen molar-refractivity contribution in [3.05, 3.63) is 33.1 Å². The molecular formula is C12H16ClN5O3. The van der Waals surface area contributed by atoms with Gasteiger partial charge in [-0.15, -0.1) is 0 Å². The fourth-order valence-electron chi connectivity index (χ4n) is 2.32. The Morgan fingerprint density at radius 1 is 1.62 bits per heavy atom. The lowest BCUT2D eigenvalue weighted by Gasteiger charge is -2.39. The van der Waals surface area contributed by atoms with Crippen LogP contribution in [0.1, 0.15) is 10.4 Å². The summed E-state index contributed by atoms with van der Waals surface area (Å²) in [5, 5.41) is 10.8. The summed E-state index contributed by atoms with van der Waals surface area (Å²) in [4.78, 5) is 30.2. The van der Waals surface area contributed by atoms with E-state index in [1.165, 1.54) is 0 Å². The van der Waals surface area contributed by atoms with E-state index < -0.39 is 4.92 Å². The average Bonchev–Trinajstić information content (AvgIpc) is 2.46. The quantitative estimate of drug-likeness (QED) is 0.490. The topological polar surface area (TPSA) is 106 Å². The zero-order valence-electron chi connectivity index (χ0n) is 11.5. The van der Waals surface area contributed by atoms with Crippen molar-refractivity contribution in [2.24, 2.45) is 5.73 Å². The van der Waals surface area contributed by atoms with Gasteiger partial charge in [-0.3, -0.25) is 14.9 Å². The van der Waals surface area contributed by atoms with Gasteiger partial charge in [0.25, 0.3) is 11.6 Å². The number of pyridine rings is 1. The minimum absolute atomic E-state index is 0.0360. The summed E-state index contributed by atoms with van der Waals surface area (Å²) in [7, 11) is 1.95. The van der Waals surface area contributed by atoms with E-state index in [9.17, 15) is 14.9 Å². The van der Waals surface area contributed by atoms with Gasteiger partial charge in [0.1, 0.15) is 11.3 Å². The molecule has 0 aromatic carbocycles. The molecule has 1 fully saturated rings. The van der Waals surface area contributed by atoms with Gasteiger partial charge >= 0.3 is 0 Å². The Bertz CT molecular complexity index is 568. The molecule has 0 radical (unpaired) electrons. The van der Waals surface area contributed by atoms with Crippen LogP contribution in [0.3, 0.4) is 0 Å². The van der Waals surface area contributed by atoms with Crippen LogP contribution in [0.4, 0.5) is 5.69 Å². The van der Waals surface area contributed by atoms with Crippen LogP contribution in [0.2, 0.25) is 5.15 Å². The van der Waals surface area contributed by atoms with Crippen molar-refractivity contribution < 1.29 is 9.72 Å². The Kier molecular flexibility index (Phi) is 4.71. The average molecular weight is 314 g/mol. The van der Waals surface area contributed by atoms with Crippen molar-refractivity contribution in [3.8, 4) is 0 Å². The molecule has 1 amide bonds. The predicted molar refractivity (Wildman–Crippen MR) is 77.3 cm³/mol. The largest absolute Gasteiger partial charge is 0.332 e. The van der Waals surface area contributed by atoms with E-state index >= 15 is 0 Å². The van der Waals surface area contributed by atoms with Crippen LogP contribution in [0, 0.1) is 10.1 Å². The number of halogens is 1. The Morgan fingerprint density at radius 3 is 2.95 bits per heavy atom. The molecule has 1 aliphatic rings. The van der Waals surface area contributed by atoms with Gasteiger partial charge in [0.2, 0.25) is 0 Å². The minimum atomic E-state index is -0.607. The molecule has 114 valence electrons. The number of nitrogens with two attached hydrogens (primary N) is 1. The third kappa shape index (κ3) is 3.29. The number of likely N-dealkylation sites (N-methyl/N-ethyl adjacent to an activating group) is 1. The summed E-state index contributed by atoms with van der Waals surface area (Å²) in [5.74, 6) is -0.375. The molecule has 0 spiro atoms. The van der Waals surface area contributed by atoms with Crippen molar-refractivity contribution in [2.75, 3.05) is 33.2 Å². The molecule has 2 heterocycles. The molecule has 1 aliphatic heterocycles. The third-order valence-electron chi connectivity index (χ3n) is 3.48. The van der Waals surface area contributed by atoms with Crippen LogP contribution in [0.25, 0.3) is 0 Å². The number of aromatic nitrogens is 1. The number of carbonyl (C=O) groups excluding carboxylic acids is 1. The lowest BCUT2D eigenvalue weighted by molar-refractivity contribution is -0.385. The molecule has 1 atom stereocenters. The summed E-state index contributed by atoms with van der Waals surface area (Å²) in [6.07, 6.45) is 1.03. The maximum atomic E-state index is 12.6. The highest BCUT2D eigenvalue weighted by Gasteiger charge is 2.30. The van der Waals surface area contributed by atoms with Crippen LogP contribution in [-0.4, -0.2) is 64.9 Å². The highest BCUT2D eigenvalue weighted by molar-refractivity contribution is 6.32. The van der Waals surface area contributed by atoms with Crippen LogP contribution in [0.15, 0.2) is 12.3 Å². The van der Waals surface area contributed by atoms with Crippen molar-refractivity contribution in [3.63, 3.8) is 0 Å². The smallest absolute Gasteiger partial charge is 0.288 e. The summed E-state index contributed by atoms with van der Waals surface area (Å²) in [6.45, 7) is 2.18. The number of carbonyl (C=O) groups is 1. The van der Waals surface area contributed by atoms with E-state index in [2.05, 4.69) is 9.88 Å². The standard InChI is InChI=1S/C12H16ClN5O3/c1-16-2-3-17(9(5-14)7-16)12(19)10-4-8(18(20)21)6-15-11(10)13/h4,6,9H,2-3,5,7,14H2,1H3. The second kappa shape index (κ2) is 6.33. The Hall–Kier alpha value is -1.77. The normalized spacial score (nSPS) is 19.6. The zero-order valence-corrected chi connectivity index (χ0v) is 12.3. The van der Waals surface area contributed by atoms with E-state index in [0.717, 1.165) is 12.3 Å². The van der Waals surface area contributed by atoms with Crippen molar-refractivity contribution in [1.82, 2.24) is 14.8 Å². The second-order valence-corrected chi connectivity index (χ2v) is 5.30. The van der Waals surface area contributed by atoms with Gasteiger partial charge in [0.15, 0.2) is 0 Å². The van der Waals surface area contributed by atoms with E-state index in [-0.39, 0.29) is 28.4 Å². The predicted octanol–water partition coefficient (Wildman–Crippen LogP) is 0.358. The fourth-order valence-corrected chi connectivity index (χ4v) is 2.51. The van der Waals surface area contributed by atoms with Gasteiger partial charge in [-0.2, -0.15) is 0 Å². The Morgan fingerprint density at radius 2 is 2.33 bits per heavy atom. The molecule has 1 unspecified atom stereocenters. The fraction of sp³-hybridized carbons (Fsp3) is 0.500. The van der Waals surface area contributed by atoms with Crippen molar-refractivity contribution in [1.29, 1.82) is 0 Å². The first-order valence-electron chi connectivity index (χ1n) is 6.43. The molecule has 0 aliphatic carbocycles. The number of hydrogen-bond acceptors (Lipinski definition) is 6. The van der Waals surface area contributed by atoms with Gasteiger partial charge < -0.3 is 15.5 Å². The second-order valence-electron chi connectivity index (χ2n) is 4.94. The first-order valence-corrected chi connectivity index (χ1v) is 6.81. The first-order chi connectivity index (χ1) is 9.93. The molecule has 1 aromatic rings. The number of nitro groups is 1. The molecule has 21 heavy (non-hydrogen) atoms. The minimum Gasteiger partial charge on any atom is -0.332 e. The maximum Gasteiger partial charge on any atom is 0.288 e. The highest BCUT2D eigenvalue weighted by atomic mass is 35.5. The number of amides is 1. The number of nitrogens with zero attached hydrogens (tertiary/aromatic N) is 4. The molecule has 1 aromatic heterocycles. The summed E-state index contributed by atoms with van der Waals surface area (Å²) < 4.78 is 0. The van der Waals surface area contributed by atoms with Gasteiger partial charge in [0, 0.05) is 32.2 Å². The molecule has 9 heteroatoms. The molecule has 2 rings (SSSR count). The monoisotopic (exact) mass is 313 g/mol. The Balaban J connectivity index is 2.30. The van der Waals surface area contributed by atoms with E-state index in [0.29, 0.717) is 26.2 Å². The molecular weight excluding hydrogens is 298 g/mol. The van der Waals surface area contributed by atoms with Crippen LogP contribution in [-0.2, 0) is 0 Å². The maximum absolute atomic E-state index is 12.6. The van der Waals surface area contributed by atoms with Crippen molar-refractivity contribution in [2.45, 2.75) is 6.04 Å². The molecule has 2 N–H and O–H groups in total. The van der Waals surface area contributed by atoms with Crippen LogP contribution in [0.5, 0.6) is 0 Å². The van der Waals surface area contributed by atoms with Gasteiger partial charge in [-0.1, -0.05) is 11.6 Å². The number of piperazine rings is 1. The molecule has 0 bridgehead atoms. The SMILES string of the molecule is CN1CCN(C(=O)c2cc([N+](=O)[O-])cnc2Cl)C(CN)C1. The molecule has 1 saturated heterocycles. The zero-order chi connectivity index (χ0) is 15.6. The van der Waals surface area contributed by atoms with E-state index in [1.807, 2.05) is 7.05 Å². The third-order valence-corrected chi connectivity index (χ3v) is 3.79. The number of rotatable bonds is 3. The van der Waals surface area contributed by atoms with Gasteiger partial charge in [-0.25, -0.2) is 4.98 Å².